The lowest BCUT2D eigenvalue weighted by atomic mass is 9.94. The lowest BCUT2D eigenvalue weighted by Crippen LogP contribution is -2.51. The SMILES string of the molecule is CC(C)(CCc1ccccc1)NC(=O)C(N)CC(N)=O. The summed E-state index contributed by atoms with van der Waals surface area (Å²) in [6, 6.07) is 9.17. The summed E-state index contributed by atoms with van der Waals surface area (Å²) >= 11 is 0. The molecule has 1 aromatic rings. The molecule has 0 aliphatic rings. The van der Waals surface area contributed by atoms with Crippen LogP contribution in [0.4, 0.5) is 0 Å². The quantitative estimate of drug-likeness (QED) is 0.684. The Morgan fingerprint density at radius 2 is 1.85 bits per heavy atom. The van der Waals surface area contributed by atoms with E-state index in [0.717, 1.165) is 12.8 Å². The molecule has 110 valence electrons. The number of primary amides is 1. The molecule has 0 spiro atoms. The van der Waals surface area contributed by atoms with Crippen molar-refractivity contribution in [1.82, 2.24) is 5.32 Å². The second kappa shape index (κ2) is 7.05. The second-order valence-electron chi connectivity index (χ2n) is 5.64. The van der Waals surface area contributed by atoms with Crippen LogP contribution >= 0.6 is 0 Å². The molecule has 5 N–H and O–H groups in total. The van der Waals surface area contributed by atoms with Crippen LogP contribution in [0.2, 0.25) is 0 Å². The minimum absolute atomic E-state index is 0.138. The van der Waals surface area contributed by atoms with Gasteiger partial charge in [0.1, 0.15) is 0 Å². The van der Waals surface area contributed by atoms with Crippen LogP contribution in [0.5, 0.6) is 0 Å². The number of nitrogens with one attached hydrogen (secondary N) is 1. The molecule has 20 heavy (non-hydrogen) atoms. The van der Waals surface area contributed by atoms with Crippen molar-refractivity contribution in [3.05, 3.63) is 35.9 Å². The van der Waals surface area contributed by atoms with Crippen LogP contribution < -0.4 is 16.8 Å². The maximum Gasteiger partial charge on any atom is 0.237 e. The molecule has 0 fully saturated rings. The third kappa shape index (κ3) is 5.84. The van der Waals surface area contributed by atoms with E-state index in [0.29, 0.717) is 0 Å². The third-order valence-corrected chi connectivity index (χ3v) is 3.10. The molecule has 0 aliphatic carbocycles. The van der Waals surface area contributed by atoms with Crippen molar-refractivity contribution in [2.24, 2.45) is 11.5 Å². The smallest absolute Gasteiger partial charge is 0.237 e. The number of hydrogen-bond donors (Lipinski definition) is 3. The summed E-state index contributed by atoms with van der Waals surface area (Å²) < 4.78 is 0. The maximum atomic E-state index is 11.9. The second-order valence-corrected chi connectivity index (χ2v) is 5.64. The van der Waals surface area contributed by atoms with Crippen LogP contribution in [0.15, 0.2) is 30.3 Å². The summed E-state index contributed by atoms with van der Waals surface area (Å²) in [5, 5.41) is 2.86. The number of rotatable bonds is 7. The van der Waals surface area contributed by atoms with Gasteiger partial charge in [-0.05, 0) is 32.3 Å². The first-order chi connectivity index (χ1) is 9.30. The average Bonchev–Trinajstić information content (AvgIpc) is 2.36. The molecule has 0 aromatic heterocycles. The molecule has 0 saturated carbocycles. The highest BCUT2D eigenvalue weighted by Crippen LogP contribution is 2.13. The van der Waals surface area contributed by atoms with Crippen LogP contribution in [0.25, 0.3) is 0 Å². The van der Waals surface area contributed by atoms with E-state index in [4.69, 9.17) is 11.5 Å². The largest absolute Gasteiger partial charge is 0.370 e. The number of aryl methyl sites for hydroxylation is 1. The van der Waals surface area contributed by atoms with Crippen molar-refractivity contribution in [3.8, 4) is 0 Å². The van der Waals surface area contributed by atoms with Crippen LogP contribution in [0.1, 0.15) is 32.3 Å². The van der Waals surface area contributed by atoms with Gasteiger partial charge in [-0.1, -0.05) is 30.3 Å². The Labute approximate surface area is 119 Å². The molecular formula is C15H23N3O2. The van der Waals surface area contributed by atoms with Crippen molar-refractivity contribution in [3.63, 3.8) is 0 Å². The van der Waals surface area contributed by atoms with E-state index in [1.54, 1.807) is 0 Å². The number of carbonyl (C=O) groups is 2. The first kappa shape index (κ1) is 16.2. The fraction of sp³-hybridized carbons (Fsp3) is 0.467. The maximum absolute atomic E-state index is 11.9. The standard InChI is InChI=1S/C15H23N3O2/c1-15(2,9-8-11-6-4-3-5-7-11)18-14(20)12(16)10-13(17)19/h3-7,12H,8-10,16H2,1-2H3,(H2,17,19)(H,18,20). The van der Waals surface area contributed by atoms with Gasteiger partial charge in [0.05, 0.1) is 12.5 Å². The Morgan fingerprint density at radius 3 is 2.40 bits per heavy atom. The average molecular weight is 277 g/mol. The molecule has 0 bridgehead atoms. The van der Waals surface area contributed by atoms with Crippen molar-refractivity contribution >= 4 is 11.8 Å². The fourth-order valence-corrected chi connectivity index (χ4v) is 1.90. The monoisotopic (exact) mass is 277 g/mol. The van der Waals surface area contributed by atoms with Crippen molar-refractivity contribution < 1.29 is 9.59 Å². The van der Waals surface area contributed by atoms with E-state index >= 15 is 0 Å². The number of amides is 2. The van der Waals surface area contributed by atoms with Crippen LogP contribution in [0.3, 0.4) is 0 Å². The summed E-state index contributed by atoms with van der Waals surface area (Å²) in [6.07, 6.45) is 1.51. The zero-order valence-electron chi connectivity index (χ0n) is 12.1. The zero-order valence-corrected chi connectivity index (χ0v) is 12.1. The summed E-state index contributed by atoms with van der Waals surface area (Å²) in [7, 11) is 0. The van der Waals surface area contributed by atoms with Gasteiger partial charge in [-0.2, -0.15) is 0 Å². The Morgan fingerprint density at radius 1 is 1.25 bits per heavy atom. The van der Waals surface area contributed by atoms with Gasteiger partial charge < -0.3 is 16.8 Å². The molecule has 2 amide bonds. The van der Waals surface area contributed by atoms with E-state index in [-0.39, 0.29) is 17.9 Å². The Kier molecular flexibility index (Phi) is 5.70. The molecular weight excluding hydrogens is 254 g/mol. The van der Waals surface area contributed by atoms with Gasteiger partial charge in [0.15, 0.2) is 0 Å². The third-order valence-electron chi connectivity index (χ3n) is 3.10. The Balaban J connectivity index is 2.48. The van der Waals surface area contributed by atoms with Crippen molar-refractivity contribution in [1.29, 1.82) is 0 Å². The van der Waals surface area contributed by atoms with Crippen molar-refractivity contribution in [2.45, 2.75) is 44.7 Å². The highest BCUT2D eigenvalue weighted by Gasteiger charge is 2.24. The molecule has 0 radical (unpaired) electrons. The number of carbonyl (C=O) groups excluding carboxylic acids is 2. The molecule has 0 heterocycles. The van der Waals surface area contributed by atoms with Gasteiger partial charge in [-0.25, -0.2) is 0 Å². The Bertz CT molecular complexity index is 457. The zero-order chi connectivity index (χ0) is 15.2. The Hall–Kier alpha value is -1.88. The van der Waals surface area contributed by atoms with E-state index in [2.05, 4.69) is 17.4 Å². The van der Waals surface area contributed by atoms with Gasteiger partial charge in [0.25, 0.3) is 0 Å². The lowest BCUT2D eigenvalue weighted by molar-refractivity contribution is -0.127. The van der Waals surface area contributed by atoms with Gasteiger partial charge in [0, 0.05) is 5.54 Å². The van der Waals surface area contributed by atoms with E-state index in [9.17, 15) is 9.59 Å². The molecule has 5 heteroatoms. The van der Waals surface area contributed by atoms with E-state index < -0.39 is 11.9 Å². The first-order valence-corrected chi connectivity index (χ1v) is 6.70. The lowest BCUT2D eigenvalue weighted by Gasteiger charge is -2.28. The predicted octanol–water partition coefficient (Wildman–Crippen LogP) is 0.717. The summed E-state index contributed by atoms with van der Waals surface area (Å²) in [6.45, 7) is 3.87. The van der Waals surface area contributed by atoms with E-state index in [1.165, 1.54) is 5.56 Å². The number of benzene rings is 1. The topological polar surface area (TPSA) is 98.2 Å². The molecule has 0 aliphatic heterocycles. The fourth-order valence-electron chi connectivity index (χ4n) is 1.90. The molecule has 1 unspecified atom stereocenters. The van der Waals surface area contributed by atoms with Gasteiger partial charge in [-0.3, -0.25) is 9.59 Å². The normalized spacial score (nSPS) is 12.8. The minimum atomic E-state index is -0.886. The molecule has 1 aromatic carbocycles. The van der Waals surface area contributed by atoms with Crippen molar-refractivity contribution in [2.75, 3.05) is 0 Å². The van der Waals surface area contributed by atoms with Crippen LogP contribution in [0, 0.1) is 0 Å². The van der Waals surface area contributed by atoms with Crippen LogP contribution in [-0.2, 0) is 16.0 Å². The van der Waals surface area contributed by atoms with E-state index in [1.807, 2.05) is 32.0 Å². The first-order valence-electron chi connectivity index (χ1n) is 6.70. The van der Waals surface area contributed by atoms with Gasteiger partial charge >= 0.3 is 0 Å². The molecule has 1 rings (SSSR count). The summed E-state index contributed by atoms with van der Waals surface area (Å²) in [4.78, 5) is 22.6. The minimum Gasteiger partial charge on any atom is -0.370 e. The van der Waals surface area contributed by atoms with Crippen LogP contribution in [-0.4, -0.2) is 23.4 Å². The number of nitrogens with two attached hydrogens (primary N) is 2. The highest BCUT2D eigenvalue weighted by atomic mass is 16.2. The highest BCUT2D eigenvalue weighted by molar-refractivity contribution is 5.87. The molecule has 1 atom stereocenters. The summed E-state index contributed by atoms with van der Waals surface area (Å²) in [5.41, 5.74) is 11.5. The summed E-state index contributed by atoms with van der Waals surface area (Å²) in [5.74, 6) is -0.920. The molecule has 0 saturated heterocycles. The van der Waals surface area contributed by atoms with Gasteiger partial charge in [0.2, 0.25) is 11.8 Å². The van der Waals surface area contributed by atoms with Gasteiger partial charge in [-0.15, -0.1) is 0 Å². The predicted molar refractivity (Wildman–Crippen MR) is 78.8 cm³/mol. The number of hydrogen-bond acceptors (Lipinski definition) is 3. The molecule has 5 nitrogen and oxygen atoms in total.